The van der Waals surface area contributed by atoms with Crippen molar-refractivity contribution in [1.82, 2.24) is 9.47 Å². The minimum atomic E-state index is -0.345. The quantitative estimate of drug-likeness (QED) is 0.142. The van der Waals surface area contributed by atoms with Crippen LogP contribution in [0.25, 0.3) is 6.08 Å². The minimum absolute atomic E-state index is 0.0730. The van der Waals surface area contributed by atoms with Crippen LogP contribution >= 0.6 is 24.0 Å². The zero-order chi connectivity index (χ0) is 28.5. The number of esters is 1. The van der Waals surface area contributed by atoms with E-state index in [-0.39, 0.29) is 28.9 Å². The van der Waals surface area contributed by atoms with Gasteiger partial charge in [0.2, 0.25) is 0 Å². The van der Waals surface area contributed by atoms with Crippen LogP contribution in [0.1, 0.15) is 88.8 Å². The van der Waals surface area contributed by atoms with E-state index in [9.17, 15) is 19.6 Å². The van der Waals surface area contributed by atoms with E-state index in [2.05, 4.69) is 17.9 Å². The molecule has 10 heteroatoms. The maximum absolute atomic E-state index is 13.4. The molecule has 0 radical (unpaired) electrons. The molecule has 1 atom stereocenters. The molecular formula is C29H40N4O4S2. The second kappa shape index (κ2) is 14.7. The largest absolute Gasteiger partial charge is 0.466 e. The van der Waals surface area contributed by atoms with Crippen LogP contribution in [0.2, 0.25) is 0 Å². The predicted octanol–water partition coefficient (Wildman–Crippen LogP) is 5.39. The van der Waals surface area contributed by atoms with Crippen LogP contribution in [0.3, 0.4) is 0 Å². The van der Waals surface area contributed by atoms with E-state index in [1.165, 1.54) is 18.2 Å². The fourth-order valence-corrected chi connectivity index (χ4v) is 6.53. The molecule has 0 aromatic carbocycles. The van der Waals surface area contributed by atoms with Gasteiger partial charge in [-0.25, -0.2) is 0 Å². The van der Waals surface area contributed by atoms with E-state index >= 15 is 0 Å². The van der Waals surface area contributed by atoms with Crippen LogP contribution in [0.4, 0.5) is 5.82 Å². The van der Waals surface area contributed by atoms with Gasteiger partial charge in [0, 0.05) is 31.7 Å². The highest BCUT2D eigenvalue weighted by Crippen LogP contribution is 2.37. The van der Waals surface area contributed by atoms with E-state index in [0.717, 1.165) is 38.5 Å². The number of pyridine rings is 1. The number of aromatic nitrogens is 1. The van der Waals surface area contributed by atoms with Crippen LogP contribution in [0.15, 0.2) is 9.70 Å². The fourth-order valence-electron chi connectivity index (χ4n) is 5.24. The van der Waals surface area contributed by atoms with Gasteiger partial charge in [-0.15, -0.1) is 0 Å². The molecule has 0 aliphatic carbocycles. The number of carbonyl (C=O) groups is 2. The number of nitrogens with zero attached hydrogens (tertiary/aromatic N) is 4. The average molecular weight is 573 g/mol. The number of rotatable bonds is 12. The van der Waals surface area contributed by atoms with Gasteiger partial charge in [0.25, 0.3) is 11.5 Å². The topological polar surface area (TPSA) is 95.6 Å². The van der Waals surface area contributed by atoms with Crippen molar-refractivity contribution in [1.29, 1.82) is 5.26 Å². The molecule has 8 nitrogen and oxygen atoms in total. The van der Waals surface area contributed by atoms with Gasteiger partial charge in [0.15, 0.2) is 0 Å². The Morgan fingerprint density at radius 1 is 1.15 bits per heavy atom. The number of unbranched alkanes of at least 4 members (excludes halogenated alkanes) is 4. The predicted molar refractivity (Wildman–Crippen MR) is 161 cm³/mol. The van der Waals surface area contributed by atoms with Crippen molar-refractivity contribution >= 4 is 52.1 Å². The summed E-state index contributed by atoms with van der Waals surface area (Å²) in [6.45, 7) is 10.1. The molecule has 1 unspecified atom stereocenters. The molecule has 2 fully saturated rings. The molecule has 0 spiro atoms. The minimum Gasteiger partial charge on any atom is -0.466 e. The monoisotopic (exact) mass is 572 g/mol. The summed E-state index contributed by atoms with van der Waals surface area (Å²) in [7, 11) is 0. The molecule has 1 aromatic heterocycles. The van der Waals surface area contributed by atoms with E-state index in [0.29, 0.717) is 65.4 Å². The number of hydrogen-bond acceptors (Lipinski definition) is 8. The van der Waals surface area contributed by atoms with E-state index in [1.807, 2.05) is 6.92 Å². The Morgan fingerprint density at radius 3 is 2.56 bits per heavy atom. The fraction of sp³-hybridized carbons (Fsp3) is 0.621. The van der Waals surface area contributed by atoms with E-state index in [4.69, 9.17) is 17.0 Å². The summed E-state index contributed by atoms with van der Waals surface area (Å²) in [5.41, 5.74) is 0.922. The molecule has 0 bridgehead atoms. The van der Waals surface area contributed by atoms with Crippen LogP contribution in [0, 0.1) is 24.2 Å². The maximum atomic E-state index is 13.4. The first kappa shape index (κ1) is 30.9. The van der Waals surface area contributed by atoms with Gasteiger partial charge in [-0.05, 0) is 51.2 Å². The number of thiocarbonyl (C=S) groups is 1. The summed E-state index contributed by atoms with van der Waals surface area (Å²) in [6.07, 6.45) is 9.40. The normalized spacial score (nSPS) is 18.6. The van der Waals surface area contributed by atoms with Gasteiger partial charge in [-0.1, -0.05) is 63.5 Å². The van der Waals surface area contributed by atoms with Gasteiger partial charge in [-0.3, -0.25) is 23.9 Å². The van der Waals surface area contributed by atoms with Crippen molar-refractivity contribution in [3.8, 4) is 6.07 Å². The highest BCUT2D eigenvalue weighted by molar-refractivity contribution is 8.26. The van der Waals surface area contributed by atoms with Crippen LogP contribution in [-0.2, 0) is 20.9 Å². The third kappa shape index (κ3) is 7.12. The lowest BCUT2D eigenvalue weighted by Crippen LogP contribution is -2.43. The second-order valence-corrected chi connectivity index (χ2v) is 11.8. The third-order valence-electron chi connectivity index (χ3n) is 7.27. The average Bonchev–Trinajstić information content (AvgIpc) is 3.19. The first-order valence-corrected chi connectivity index (χ1v) is 15.4. The number of thioether (sulfide) groups is 1. The Balaban J connectivity index is 2.05. The Morgan fingerprint density at radius 2 is 1.90 bits per heavy atom. The highest BCUT2D eigenvalue weighted by Gasteiger charge is 2.34. The molecular weight excluding hydrogens is 532 g/mol. The summed E-state index contributed by atoms with van der Waals surface area (Å²) in [6, 6.07) is 2.09. The molecule has 3 rings (SSSR count). The van der Waals surface area contributed by atoms with Crippen molar-refractivity contribution in [3.63, 3.8) is 0 Å². The highest BCUT2D eigenvalue weighted by atomic mass is 32.2. The molecule has 3 heterocycles. The van der Waals surface area contributed by atoms with Crippen molar-refractivity contribution < 1.29 is 14.3 Å². The molecule has 2 saturated heterocycles. The Hall–Kier alpha value is -2.64. The maximum Gasteiger partial charge on any atom is 0.310 e. The molecule has 2 aliphatic heterocycles. The summed E-state index contributed by atoms with van der Waals surface area (Å²) < 4.78 is 7.47. The number of hydrogen-bond donors (Lipinski definition) is 0. The first-order valence-electron chi connectivity index (χ1n) is 14.1. The number of amides is 1. The van der Waals surface area contributed by atoms with Crippen molar-refractivity contribution in [3.05, 3.63) is 31.9 Å². The number of carbonyl (C=O) groups excluding carboxylic acids is 2. The third-order valence-corrected chi connectivity index (χ3v) is 8.65. The van der Waals surface area contributed by atoms with Crippen LogP contribution in [0.5, 0.6) is 0 Å². The number of ether oxygens (including phenoxy) is 1. The second-order valence-electron chi connectivity index (χ2n) is 10.1. The van der Waals surface area contributed by atoms with Crippen LogP contribution in [-0.4, -0.2) is 51.9 Å². The van der Waals surface area contributed by atoms with Crippen LogP contribution < -0.4 is 10.5 Å². The smallest absolute Gasteiger partial charge is 0.310 e. The lowest BCUT2D eigenvalue weighted by molar-refractivity contribution is -0.148. The SMILES string of the molecule is CCCCCCCN1C(=O)C(=Cc2c(C)c(C#N)c(=O)n(CCC)c2N2CCCC(C(=O)OCC)C2)SC1=S. The summed E-state index contributed by atoms with van der Waals surface area (Å²) in [5, 5.41) is 9.89. The number of piperidine rings is 1. The molecule has 39 heavy (non-hydrogen) atoms. The lowest BCUT2D eigenvalue weighted by Gasteiger charge is -2.36. The van der Waals surface area contributed by atoms with Crippen molar-refractivity contribution in [2.24, 2.45) is 5.92 Å². The summed E-state index contributed by atoms with van der Waals surface area (Å²) in [5.74, 6) is -0.0327. The summed E-state index contributed by atoms with van der Waals surface area (Å²) >= 11 is 6.83. The summed E-state index contributed by atoms with van der Waals surface area (Å²) in [4.78, 5) is 43.7. The molecule has 0 saturated carbocycles. The van der Waals surface area contributed by atoms with E-state index in [1.54, 1.807) is 29.4 Å². The zero-order valence-electron chi connectivity index (χ0n) is 23.6. The molecule has 2 aliphatic rings. The zero-order valence-corrected chi connectivity index (χ0v) is 25.2. The Labute approximate surface area is 241 Å². The molecule has 1 aromatic rings. The standard InChI is InChI=1S/C29H40N4O4S2/c1-5-8-9-10-11-16-33-27(35)24(39-29(33)38)17-22-20(4)23(18-30)26(34)32(14-6-2)25(22)31-15-12-13-21(19-31)28(36)37-7-3/h17,21H,5-16,19H2,1-4H3. The Bertz CT molecular complexity index is 1220. The lowest BCUT2D eigenvalue weighted by atomic mass is 9.96. The van der Waals surface area contributed by atoms with Gasteiger partial charge in [0.1, 0.15) is 21.8 Å². The number of anilines is 1. The van der Waals surface area contributed by atoms with Crippen molar-refractivity contribution in [2.45, 2.75) is 85.6 Å². The number of nitriles is 1. The van der Waals surface area contributed by atoms with Gasteiger partial charge in [0.05, 0.1) is 17.4 Å². The van der Waals surface area contributed by atoms with Gasteiger partial charge < -0.3 is 9.64 Å². The molecule has 212 valence electrons. The first-order chi connectivity index (χ1) is 18.8. The van der Waals surface area contributed by atoms with Gasteiger partial charge >= 0.3 is 5.97 Å². The molecule has 1 amide bonds. The molecule has 0 N–H and O–H groups in total. The van der Waals surface area contributed by atoms with Gasteiger partial charge in [-0.2, -0.15) is 5.26 Å². The van der Waals surface area contributed by atoms with E-state index < -0.39 is 0 Å². The van der Waals surface area contributed by atoms with Crippen molar-refractivity contribution in [2.75, 3.05) is 31.1 Å². The Kier molecular flexibility index (Phi) is 11.6.